The summed E-state index contributed by atoms with van der Waals surface area (Å²) in [5.41, 5.74) is 2.07. The first-order valence-corrected chi connectivity index (χ1v) is 11.9. The number of hydrogen-bond acceptors (Lipinski definition) is 3. The lowest BCUT2D eigenvalue weighted by Crippen LogP contribution is -2.27. The van der Waals surface area contributed by atoms with Crippen molar-refractivity contribution in [3.8, 4) is 0 Å². The van der Waals surface area contributed by atoms with E-state index in [2.05, 4.69) is 5.32 Å². The summed E-state index contributed by atoms with van der Waals surface area (Å²) < 4.78 is 38.7. The fourth-order valence-corrected chi connectivity index (χ4v) is 5.16. The lowest BCUT2D eigenvalue weighted by atomic mass is 9.95. The number of benzene rings is 3. The summed E-state index contributed by atoms with van der Waals surface area (Å²) in [6.45, 7) is 1.96. The number of nitrogens with zero attached hydrogens (tertiary/aromatic N) is 1. The smallest absolute Gasteiger partial charge is 0.326 e. The zero-order chi connectivity index (χ0) is 24.3. The van der Waals surface area contributed by atoms with Gasteiger partial charge in [-0.25, -0.2) is 0 Å². The van der Waals surface area contributed by atoms with Crippen molar-refractivity contribution in [3.05, 3.63) is 95.6 Å². The van der Waals surface area contributed by atoms with E-state index in [0.717, 1.165) is 23.3 Å². The highest BCUT2D eigenvalue weighted by atomic mass is 32.2. The number of rotatable bonds is 6. The number of nitrogens with one attached hydrogen (secondary N) is 1. The van der Waals surface area contributed by atoms with Crippen LogP contribution in [-0.2, 0) is 15.8 Å². The maximum Gasteiger partial charge on any atom is 0.416 e. The number of carbonyl (C=O) groups is 2. The fraction of sp³-hybridized carbons (Fsp3) is 0.231. The molecule has 2 amide bonds. The van der Waals surface area contributed by atoms with Crippen LogP contribution in [0.2, 0.25) is 0 Å². The van der Waals surface area contributed by atoms with Crippen molar-refractivity contribution in [2.75, 3.05) is 16.0 Å². The summed E-state index contributed by atoms with van der Waals surface area (Å²) in [5.74, 6) is -0.294. The number of halogens is 3. The van der Waals surface area contributed by atoms with Gasteiger partial charge in [-0.3, -0.25) is 14.5 Å². The topological polar surface area (TPSA) is 49.4 Å². The van der Waals surface area contributed by atoms with Gasteiger partial charge >= 0.3 is 6.18 Å². The molecule has 1 heterocycles. The summed E-state index contributed by atoms with van der Waals surface area (Å²) in [4.78, 5) is 26.9. The van der Waals surface area contributed by atoms with E-state index < -0.39 is 11.7 Å². The molecule has 4 nitrogen and oxygen atoms in total. The van der Waals surface area contributed by atoms with Gasteiger partial charge in [0.15, 0.2) is 0 Å². The zero-order valence-electron chi connectivity index (χ0n) is 18.4. The molecule has 3 aromatic rings. The van der Waals surface area contributed by atoms with Crippen molar-refractivity contribution >= 4 is 35.0 Å². The number of hydrogen-bond donors (Lipinski definition) is 1. The van der Waals surface area contributed by atoms with E-state index in [1.165, 1.54) is 28.8 Å². The van der Waals surface area contributed by atoms with E-state index in [1.807, 2.05) is 49.4 Å². The largest absolute Gasteiger partial charge is 0.416 e. The minimum absolute atomic E-state index is 0.0988. The van der Waals surface area contributed by atoms with Crippen LogP contribution in [0.25, 0.3) is 0 Å². The van der Waals surface area contributed by atoms with Gasteiger partial charge in [0.1, 0.15) is 5.37 Å². The molecule has 1 aliphatic rings. The minimum Gasteiger partial charge on any atom is -0.326 e. The molecule has 1 fully saturated rings. The Hall–Kier alpha value is -3.26. The van der Waals surface area contributed by atoms with E-state index >= 15 is 0 Å². The molecular formula is C26H23F3N2O2S. The fourth-order valence-electron chi connectivity index (χ4n) is 3.98. The second-order valence-corrected chi connectivity index (χ2v) is 9.02. The third-order valence-corrected chi connectivity index (χ3v) is 6.94. The van der Waals surface area contributed by atoms with Crippen LogP contribution in [0.4, 0.5) is 24.5 Å². The predicted octanol–water partition coefficient (Wildman–Crippen LogP) is 6.62. The van der Waals surface area contributed by atoms with Gasteiger partial charge in [-0.1, -0.05) is 49.4 Å². The summed E-state index contributed by atoms with van der Waals surface area (Å²) in [7, 11) is 0. The highest BCUT2D eigenvalue weighted by molar-refractivity contribution is 8.00. The third-order valence-electron chi connectivity index (χ3n) is 5.73. The van der Waals surface area contributed by atoms with Crippen molar-refractivity contribution in [2.24, 2.45) is 0 Å². The van der Waals surface area contributed by atoms with Crippen molar-refractivity contribution < 1.29 is 22.8 Å². The Morgan fingerprint density at radius 1 is 1.03 bits per heavy atom. The number of thioether (sulfide) groups is 1. The van der Waals surface area contributed by atoms with Gasteiger partial charge in [-0.15, -0.1) is 11.8 Å². The van der Waals surface area contributed by atoms with Crippen molar-refractivity contribution in [1.82, 2.24) is 0 Å². The quantitative estimate of drug-likeness (QED) is 0.428. The second-order valence-electron chi connectivity index (χ2n) is 7.95. The first kappa shape index (κ1) is 23.9. The second kappa shape index (κ2) is 9.93. The molecule has 3 aromatic carbocycles. The van der Waals surface area contributed by atoms with Crippen molar-refractivity contribution in [3.63, 3.8) is 0 Å². The Labute approximate surface area is 200 Å². The molecule has 34 heavy (non-hydrogen) atoms. The van der Waals surface area contributed by atoms with Crippen molar-refractivity contribution in [2.45, 2.75) is 30.8 Å². The molecule has 0 bridgehead atoms. The van der Waals surface area contributed by atoms with E-state index in [9.17, 15) is 22.8 Å². The van der Waals surface area contributed by atoms with E-state index in [0.29, 0.717) is 17.8 Å². The van der Waals surface area contributed by atoms with Gasteiger partial charge < -0.3 is 5.32 Å². The maximum absolute atomic E-state index is 12.9. The Morgan fingerprint density at radius 3 is 2.26 bits per heavy atom. The molecule has 4 rings (SSSR count). The molecule has 0 spiro atoms. The number of anilines is 2. The molecule has 176 valence electrons. The van der Waals surface area contributed by atoms with Crippen LogP contribution >= 0.6 is 11.8 Å². The molecule has 1 aliphatic heterocycles. The molecule has 0 saturated carbocycles. The highest BCUT2D eigenvalue weighted by Gasteiger charge is 2.35. The Balaban J connectivity index is 1.49. The molecule has 1 N–H and O–H groups in total. The first-order valence-electron chi connectivity index (χ1n) is 10.8. The molecular weight excluding hydrogens is 461 g/mol. The number of alkyl halides is 3. The third kappa shape index (κ3) is 5.12. The van der Waals surface area contributed by atoms with Gasteiger partial charge in [0, 0.05) is 11.4 Å². The van der Waals surface area contributed by atoms with Gasteiger partial charge in [-0.05, 0) is 53.9 Å². The summed E-state index contributed by atoms with van der Waals surface area (Å²) >= 11 is 1.41. The maximum atomic E-state index is 12.9. The Kier molecular flexibility index (Phi) is 6.97. The lowest BCUT2D eigenvalue weighted by Gasteiger charge is -2.25. The lowest BCUT2D eigenvalue weighted by molar-refractivity contribution is -0.137. The van der Waals surface area contributed by atoms with Gasteiger partial charge in [0.2, 0.25) is 11.8 Å². The van der Waals surface area contributed by atoms with Gasteiger partial charge in [0.25, 0.3) is 0 Å². The normalized spacial score (nSPS) is 17.0. The van der Waals surface area contributed by atoms with Crippen LogP contribution in [0.1, 0.15) is 41.3 Å². The summed E-state index contributed by atoms with van der Waals surface area (Å²) in [5, 5.41) is 2.59. The van der Waals surface area contributed by atoms with E-state index in [-0.39, 0.29) is 28.9 Å². The van der Waals surface area contributed by atoms with Crippen molar-refractivity contribution in [1.29, 1.82) is 0 Å². The average Bonchev–Trinajstić information content (AvgIpc) is 3.21. The van der Waals surface area contributed by atoms with E-state index in [1.54, 1.807) is 12.1 Å². The molecule has 2 atom stereocenters. The number of carbonyl (C=O) groups excluding carboxylic acids is 2. The molecule has 8 heteroatoms. The Bertz CT molecular complexity index is 1150. The van der Waals surface area contributed by atoms with Crippen LogP contribution in [-0.4, -0.2) is 17.6 Å². The SMILES string of the molecule is CC[C@H](C(=O)Nc1ccc([C@@H]2SCC(=O)N2c2ccc(C(F)(F)F)cc2)cc1)c1ccccc1. The predicted molar refractivity (Wildman–Crippen MR) is 129 cm³/mol. The van der Waals surface area contributed by atoms with Crippen LogP contribution in [0.5, 0.6) is 0 Å². The summed E-state index contributed by atoms with van der Waals surface area (Å²) in [6.07, 6.45) is -3.77. The molecule has 0 unspecified atom stereocenters. The van der Waals surface area contributed by atoms with Crippen LogP contribution in [0.3, 0.4) is 0 Å². The standard InChI is InChI=1S/C26H23F3N2O2S/c1-2-22(17-6-4-3-5-7-17)24(33)30-20-12-8-18(9-13-20)25-31(23(32)16-34-25)21-14-10-19(11-15-21)26(27,28)29/h3-15,22,25H,2,16H2,1H3,(H,30,33)/t22-,25-/m0/s1. The molecule has 0 aliphatic carbocycles. The van der Waals surface area contributed by atoms with Crippen LogP contribution in [0.15, 0.2) is 78.9 Å². The average molecular weight is 485 g/mol. The van der Waals surface area contributed by atoms with E-state index in [4.69, 9.17) is 0 Å². The number of amides is 2. The van der Waals surface area contributed by atoms with Gasteiger partial charge in [0.05, 0.1) is 17.2 Å². The van der Waals surface area contributed by atoms with Gasteiger partial charge in [-0.2, -0.15) is 13.2 Å². The molecule has 1 saturated heterocycles. The Morgan fingerprint density at radius 2 is 1.68 bits per heavy atom. The highest BCUT2D eigenvalue weighted by Crippen LogP contribution is 2.42. The zero-order valence-corrected chi connectivity index (χ0v) is 19.2. The van der Waals surface area contributed by atoms with Crippen LogP contribution < -0.4 is 10.2 Å². The monoisotopic (exact) mass is 484 g/mol. The summed E-state index contributed by atoms with van der Waals surface area (Å²) in [6, 6.07) is 21.4. The molecule has 0 radical (unpaired) electrons. The minimum atomic E-state index is -4.43. The molecule has 0 aromatic heterocycles. The van der Waals surface area contributed by atoms with Crippen LogP contribution in [0, 0.1) is 0 Å². The first-order chi connectivity index (χ1) is 16.3.